The van der Waals surface area contributed by atoms with E-state index in [0.717, 1.165) is 30.0 Å². The third-order valence-electron chi connectivity index (χ3n) is 5.77. The van der Waals surface area contributed by atoms with Crippen LogP contribution in [0.5, 0.6) is 5.75 Å². The topological polar surface area (TPSA) is 45.9 Å². The van der Waals surface area contributed by atoms with Gasteiger partial charge in [-0.25, -0.2) is 0 Å². The summed E-state index contributed by atoms with van der Waals surface area (Å²) in [4.78, 5) is 4.49. The Morgan fingerprint density at radius 1 is 0.867 bits per heavy atom. The van der Waals surface area contributed by atoms with Gasteiger partial charge < -0.3 is 4.74 Å². The summed E-state index contributed by atoms with van der Waals surface area (Å²) in [6.07, 6.45) is 12.4. The summed E-state index contributed by atoms with van der Waals surface area (Å²) in [5, 5.41) is 8.88. The molecule has 2 rings (SSSR count). The van der Waals surface area contributed by atoms with Crippen LogP contribution in [-0.4, -0.2) is 19.7 Å². The maximum atomic E-state index is 8.88. The van der Waals surface area contributed by atoms with Gasteiger partial charge in [-0.2, -0.15) is 5.26 Å². The first-order valence-electron chi connectivity index (χ1n) is 11.6. The highest BCUT2D eigenvalue weighted by Gasteiger charge is 2.18. The van der Waals surface area contributed by atoms with Crippen LogP contribution in [0.2, 0.25) is 25.2 Å². The molecule has 0 aliphatic rings. The van der Waals surface area contributed by atoms with E-state index in [9.17, 15) is 0 Å². The lowest BCUT2D eigenvalue weighted by molar-refractivity contribution is 0.303. The number of aromatic nitrogens is 1. The van der Waals surface area contributed by atoms with E-state index in [1.54, 1.807) is 6.20 Å². The van der Waals surface area contributed by atoms with Crippen LogP contribution >= 0.6 is 0 Å². The molecule has 0 saturated carbocycles. The molecule has 3 nitrogen and oxygen atoms in total. The maximum Gasteiger partial charge on any atom is 0.137 e. The van der Waals surface area contributed by atoms with Crippen molar-refractivity contribution in [3.63, 3.8) is 0 Å². The highest BCUT2D eigenvalue weighted by molar-refractivity contribution is 6.77. The van der Waals surface area contributed by atoms with Gasteiger partial charge in [0.25, 0.3) is 0 Å². The minimum absolute atomic E-state index is 0.663. The fourth-order valence-corrected chi connectivity index (χ4v) is 6.50. The predicted molar refractivity (Wildman–Crippen MR) is 130 cm³/mol. The number of nitrogens with zero attached hydrogens (tertiary/aromatic N) is 2. The van der Waals surface area contributed by atoms with Gasteiger partial charge >= 0.3 is 0 Å². The summed E-state index contributed by atoms with van der Waals surface area (Å²) in [7, 11) is -0.912. The van der Waals surface area contributed by atoms with Gasteiger partial charge in [-0.1, -0.05) is 89.2 Å². The first kappa shape index (κ1) is 24.1. The monoisotopic (exact) mass is 422 g/mol. The Hall–Kier alpha value is -2.12. The average Bonchev–Trinajstić information content (AvgIpc) is 2.77. The first-order chi connectivity index (χ1) is 14.5. The fraction of sp³-hybridized carbons (Fsp3) is 0.538. The number of unbranched alkanes of at least 4 members (excludes halogenated alkanes) is 6. The number of benzene rings is 1. The quantitative estimate of drug-likeness (QED) is 0.230. The molecule has 0 atom stereocenters. The lowest BCUT2D eigenvalue weighted by Gasteiger charge is -2.21. The summed E-state index contributed by atoms with van der Waals surface area (Å²) >= 11 is 0. The zero-order valence-corrected chi connectivity index (χ0v) is 20.1. The molecule has 0 N–H and O–H groups in total. The van der Waals surface area contributed by atoms with Gasteiger partial charge in [-0.3, -0.25) is 4.98 Å². The second kappa shape index (κ2) is 13.2. The van der Waals surface area contributed by atoms with E-state index in [0.29, 0.717) is 5.56 Å². The molecule has 0 saturated heterocycles. The minimum atomic E-state index is -0.912. The zero-order valence-electron chi connectivity index (χ0n) is 19.1. The Morgan fingerprint density at radius 2 is 1.53 bits per heavy atom. The molecule has 2 aromatic rings. The zero-order chi connectivity index (χ0) is 21.7. The van der Waals surface area contributed by atoms with Crippen LogP contribution in [0, 0.1) is 11.3 Å². The van der Waals surface area contributed by atoms with Crippen LogP contribution in [-0.2, 0) is 0 Å². The van der Waals surface area contributed by atoms with E-state index in [4.69, 9.17) is 10.00 Å². The van der Waals surface area contributed by atoms with Crippen molar-refractivity contribution in [2.45, 2.75) is 83.5 Å². The van der Waals surface area contributed by atoms with Gasteiger partial charge in [-0.05, 0) is 30.7 Å². The summed E-state index contributed by atoms with van der Waals surface area (Å²) in [5.41, 5.74) is 2.57. The summed E-state index contributed by atoms with van der Waals surface area (Å²) in [6, 6.07) is 16.6. The molecule has 0 aliphatic heterocycles. The van der Waals surface area contributed by atoms with Gasteiger partial charge in [0.15, 0.2) is 0 Å². The molecule has 0 bridgehead atoms. The van der Waals surface area contributed by atoms with E-state index in [-0.39, 0.29) is 0 Å². The molecule has 1 heterocycles. The van der Waals surface area contributed by atoms with E-state index in [1.165, 1.54) is 57.0 Å². The maximum absolute atomic E-state index is 8.88. The second-order valence-electron chi connectivity index (χ2n) is 9.06. The lowest BCUT2D eigenvalue weighted by Crippen LogP contribution is -2.24. The number of nitriles is 1. The summed E-state index contributed by atoms with van der Waals surface area (Å²) in [5.74, 6) is 0.826. The standard InChI is InChI=1S/C26H38N2OSi/c1-4-5-19-30(2,3)20-11-9-7-6-8-10-18-29-25-16-17-26(28-22-25)24-14-12-23(21-27)13-15-24/h12-17,22H,4-11,18-20H2,1-3H3. The van der Waals surface area contributed by atoms with Crippen molar-refractivity contribution in [3.8, 4) is 23.1 Å². The van der Waals surface area contributed by atoms with E-state index in [2.05, 4.69) is 31.1 Å². The fourth-order valence-electron chi connectivity index (χ4n) is 3.74. The number of ether oxygens (including phenoxy) is 1. The van der Waals surface area contributed by atoms with Crippen molar-refractivity contribution in [1.82, 2.24) is 4.98 Å². The van der Waals surface area contributed by atoms with Crippen LogP contribution in [0.3, 0.4) is 0 Å². The Labute approximate surface area is 184 Å². The third-order valence-corrected chi connectivity index (χ3v) is 9.18. The molecule has 4 heteroatoms. The normalized spacial score (nSPS) is 11.3. The Balaban J connectivity index is 1.55. The second-order valence-corrected chi connectivity index (χ2v) is 14.4. The molecule has 0 radical (unpaired) electrons. The van der Waals surface area contributed by atoms with Crippen LogP contribution in [0.15, 0.2) is 42.6 Å². The van der Waals surface area contributed by atoms with Gasteiger partial charge in [0.1, 0.15) is 5.75 Å². The summed E-state index contributed by atoms with van der Waals surface area (Å²) < 4.78 is 5.84. The molecular formula is C26H38N2OSi. The number of pyridine rings is 1. The molecular weight excluding hydrogens is 384 g/mol. The molecule has 0 fully saturated rings. The average molecular weight is 423 g/mol. The van der Waals surface area contributed by atoms with Gasteiger partial charge in [0.2, 0.25) is 0 Å². The third kappa shape index (κ3) is 9.13. The van der Waals surface area contributed by atoms with E-state index < -0.39 is 8.07 Å². The number of hydrogen-bond donors (Lipinski definition) is 0. The Kier molecular flexibility index (Phi) is 10.7. The van der Waals surface area contributed by atoms with Crippen LogP contribution in [0.25, 0.3) is 11.3 Å². The van der Waals surface area contributed by atoms with Gasteiger partial charge in [0, 0.05) is 13.6 Å². The van der Waals surface area contributed by atoms with Crippen molar-refractivity contribution in [2.24, 2.45) is 0 Å². The Morgan fingerprint density at radius 3 is 2.17 bits per heavy atom. The highest BCUT2D eigenvalue weighted by Crippen LogP contribution is 2.23. The molecule has 0 spiro atoms. The van der Waals surface area contributed by atoms with Crippen molar-refractivity contribution in [3.05, 3.63) is 48.2 Å². The molecule has 30 heavy (non-hydrogen) atoms. The molecule has 1 aromatic carbocycles. The number of rotatable bonds is 14. The van der Waals surface area contributed by atoms with E-state index >= 15 is 0 Å². The highest BCUT2D eigenvalue weighted by atomic mass is 28.3. The molecule has 0 unspecified atom stereocenters. The van der Waals surface area contributed by atoms with Crippen LogP contribution < -0.4 is 4.74 Å². The predicted octanol–water partition coefficient (Wildman–Crippen LogP) is 7.85. The lowest BCUT2D eigenvalue weighted by atomic mass is 10.1. The molecule has 0 aliphatic carbocycles. The molecule has 0 amide bonds. The van der Waals surface area contributed by atoms with Crippen molar-refractivity contribution in [1.29, 1.82) is 5.26 Å². The smallest absolute Gasteiger partial charge is 0.137 e. The van der Waals surface area contributed by atoms with Crippen molar-refractivity contribution < 1.29 is 4.74 Å². The van der Waals surface area contributed by atoms with Crippen molar-refractivity contribution >= 4 is 8.07 Å². The number of hydrogen-bond acceptors (Lipinski definition) is 3. The van der Waals surface area contributed by atoms with Crippen LogP contribution in [0.1, 0.15) is 63.9 Å². The first-order valence-corrected chi connectivity index (χ1v) is 15.0. The van der Waals surface area contributed by atoms with Crippen molar-refractivity contribution in [2.75, 3.05) is 6.61 Å². The molecule has 1 aromatic heterocycles. The summed E-state index contributed by atoms with van der Waals surface area (Å²) in [6.45, 7) is 8.18. The van der Waals surface area contributed by atoms with Gasteiger partial charge in [0.05, 0.1) is 30.1 Å². The largest absolute Gasteiger partial charge is 0.492 e. The van der Waals surface area contributed by atoms with E-state index in [1.807, 2.05) is 36.4 Å². The molecule has 162 valence electrons. The minimum Gasteiger partial charge on any atom is -0.492 e. The van der Waals surface area contributed by atoms with Crippen LogP contribution in [0.4, 0.5) is 0 Å². The van der Waals surface area contributed by atoms with Gasteiger partial charge in [-0.15, -0.1) is 0 Å². The SMILES string of the molecule is CCCC[Si](C)(C)CCCCCCCCOc1ccc(-c2ccc(C#N)cc2)nc1. The Bertz CT molecular complexity index is 763.